The van der Waals surface area contributed by atoms with Crippen LogP contribution in [0.15, 0.2) is 42.5 Å². The standard InChI is InChI=1S/C22H20Cl2N2O3/c1-4-16-12(2)19(14-8-5-6-10-17(14)25-16)22(28)29-13(3)21(27)26-18-11-7-9-15(23)20(18)24/h5-11,13H,4H2,1-3H3,(H,26,27). The monoisotopic (exact) mass is 430 g/mol. The number of hydrogen-bond donors (Lipinski definition) is 1. The molecule has 29 heavy (non-hydrogen) atoms. The van der Waals surface area contributed by atoms with Crippen LogP contribution < -0.4 is 5.32 Å². The van der Waals surface area contributed by atoms with Gasteiger partial charge in [-0.1, -0.05) is 54.4 Å². The van der Waals surface area contributed by atoms with Gasteiger partial charge in [-0.3, -0.25) is 9.78 Å². The number of anilines is 1. The second-order valence-electron chi connectivity index (χ2n) is 6.57. The molecule has 0 aliphatic heterocycles. The highest BCUT2D eigenvalue weighted by atomic mass is 35.5. The zero-order valence-electron chi connectivity index (χ0n) is 16.3. The number of para-hydroxylation sites is 1. The van der Waals surface area contributed by atoms with Crippen molar-refractivity contribution in [2.75, 3.05) is 5.32 Å². The van der Waals surface area contributed by atoms with Crippen LogP contribution in [0.2, 0.25) is 10.0 Å². The van der Waals surface area contributed by atoms with E-state index in [1.807, 2.05) is 38.1 Å². The van der Waals surface area contributed by atoms with Crippen LogP contribution in [0.3, 0.4) is 0 Å². The highest BCUT2D eigenvalue weighted by molar-refractivity contribution is 6.44. The van der Waals surface area contributed by atoms with Crippen LogP contribution in [-0.4, -0.2) is 23.0 Å². The maximum atomic E-state index is 13.0. The number of nitrogens with one attached hydrogen (secondary N) is 1. The van der Waals surface area contributed by atoms with Crippen LogP contribution >= 0.6 is 23.2 Å². The van der Waals surface area contributed by atoms with Crippen LogP contribution in [0.25, 0.3) is 10.9 Å². The van der Waals surface area contributed by atoms with Crippen LogP contribution in [0.5, 0.6) is 0 Å². The number of esters is 1. The number of amides is 1. The van der Waals surface area contributed by atoms with Crippen molar-refractivity contribution >= 4 is 51.7 Å². The minimum Gasteiger partial charge on any atom is -0.449 e. The number of carbonyl (C=O) groups is 2. The molecule has 3 rings (SSSR count). The summed E-state index contributed by atoms with van der Waals surface area (Å²) >= 11 is 12.1. The van der Waals surface area contributed by atoms with Gasteiger partial charge in [0.1, 0.15) is 0 Å². The van der Waals surface area contributed by atoms with E-state index in [0.29, 0.717) is 33.6 Å². The average Bonchev–Trinajstić information content (AvgIpc) is 2.70. The minimum absolute atomic E-state index is 0.226. The molecule has 1 atom stereocenters. The molecule has 0 fully saturated rings. The van der Waals surface area contributed by atoms with E-state index >= 15 is 0 Å². The number of aromatic nitrogens is 1. The zero-order valence-corrected chi connectivity index (χ0v) is 17.8. The Hall–Kier alpha value is -2.63. The molecule has 1 heterocycles. The SMILES string of the molecule is CCc1nc2ccccc2c(C(=O)OC(C)C(=O)Nc2cccc(Cl)c2Cl)c1C. The Balaban J connectivity index is 1.85. The first-order valence-corrected chi connectivity index (χ1v) is 9.93. The molecule has 0 radical (unpaired) electrons. The first kappa shape index (κ1) is 21.1. The predicted octanol–water partition coefficient (Wildman–Crippen LogP) is 5.60. The summed E-state index contributed by atoms with van der Waals surface area (Å²) < 4.78 is 5.47. The molecule has 0 bridgehead atoms. The third-order valence-electron chi connectivity index (χ3n) is 4.64. The average molecular weight is 431 g/mol. The number of aryl methyl sites for hydroxylation is 1. The number of nitrogens with zero attached hydrogens (tertiary/aromatic N) is 1. The fraction of sp³-hybridized carbons (Fsp3) is 0.227. The highest BCUT2D eigenvalue weighted by Crippen LogP contribution is 2.30. The van der Waals surface area contributed by atoms with Crippen molar-refractivity contribution in [3.63, 3.8) is 0 Å². The first-order valence-electron chi connectivity index (χ1n) is 9.17. The molecule has 1 amide bonds. The molecule has 0 saturated heterocycles. The van der Waals surface area contributed by atoms with E-state index in [2.05, 4.69) is 10.3 Å². The maximum absolute atomic E-state index is 13.0. The molecule has 1 N–H and O–H groups in total. The van der Waals surface area contributed by atoms with Crippen LogP contribution in [0.4, 0.5) is 5.69 Å². The number of halogens is 2. The smallest absolute Gasteiger partial charge is 0.339 e. The van der Waals surface area contributed by atoms with Crippen molar-refractivity contribution in [3.05, 3.63) is 69.3 Å². The lowest BCUT2D eigenvalue weighted by Gasteiger charge is -2.17. The summed E-state index contributed by atoms with van der Waals surface area (Å²) in [5, 5.41) is 3.88. The Bertz CT molecular complexity index is 1100. The van der Waals surface area contributed by atoms with Crippen molar-refractivity contribution < 1.29 is 14.3 Å². The quantitative estimate of drug-likeness (QED) is 0.535. The topological polar surface area (TPSA) is 68.3 Å². The first-order chi connectivity index (χ1) is 13.8. The molecule has 0 aliphatic carbocycles. The molecular weight excluding hydrogens is 411 g/mol. The lowest BCUT2D eigenvalue weighted by molar-refractivity contribution is -0.123. The Morgan fingerprint density at radius 3 is 2.59 bits per heavy atom. The van der Waals surface area contributed by atoms with Gasteiger partial charge in [0.05, 0.1) is 26.8 Å². The fourth-order valence-corrected chi connectivity index (χ4v) is 3.42. The number of hydrogen-bond acceptors (Lipinski definition) is 4. The molecule has 2 aromatic carbocycles. The van der Waals surface area contributed by atoms with E-state index in [0.717, 1.165) is 11.3 Å². The van der Waals surface area contributed by atoms with Gasteiger partial charge >= 0.3 is 5.97 Å². The zero-order chi connectivity index (χ0) is 21.1. The van der Waals surface area contributed by atoms with Gasteiger partial charge in [-0.2, -0.15) is 0 Å². The molecule has 0 saturated carbocycles. The largest absolute Gasteiger partial charge is 0.449 e. The van der Waals surface area contributed by atoms with E-state index < -0.39 is 18.0 Å². The number of benzene rings is 2. The van der Waals surface area contributed by atoms with E-state index in [9.17, 15) is 9.59 Å². The van der Waals surface area contributed by atoms with Crippen molar-refractivity contribution in [1.82, 2.24) is 4.98 Å². The lowest BCUT2D eigenvalue weighted by atomic mass is 10.0. The third-order valence-corrected chi connectivity index (χ3v) is 5.46. The molecule has 0 aliphatic rings. The van der Waals surface area contributed by atoms with Crippen molar-refractivity contribution in [1.29, 1.82) is 0 Å². The number of rotatable bonds is 5. The molecule has 0 spiro atoms. The molecular formula is C22H20Cl2N2O3. The summed E-state index contributed by atoms with van der Waals surface area (Å²) in [6, 6.07) is 12.3. The van der Waals surface area contributed by atoms with E-state index in [1.54, 1.807) is 18.2 Å². The van der Waals surface area contributed by atoms with Gasteiger partial charge in [0.25, 0.3) is 5.91 Å². The van der Waals surface area contributed by atoms with Gasteiger partial charge in [-0.05, 0) is 44.0 Å². The number of ether oxygens (including phenoxy) is 1. The third kappa shape index (κ3) is 4.36. The summed E-state index contributed by atoms with van der Waals surface area (Å²) in [5.41, 5.74) is 3.06. The molecule has 7 heteroatoms. The van der Waals surface area contributed by atoms with Crippen LogP contribution in [0, 0.1) is 6.92 Å². The van der Waals surface area contributed by atoms with Crippen molar-refractivity contribution in [3.8, 4) is 0 Å². The highest BCUT2D eigenvalue weighted by Gasteiger charge is 2.24. The second kappa shape index (κ2) is 8.80. The summed E-state index contributed by atoms with van der Waals surface area (Å²) in [7, 11) is 0. The molecule has 150 valence electrons. The lowest BCUT2D eigenvalue weighted by Crippen LogP contribution is -2.30. The number of carbonyl (C=O) groups excluding carboxylic acids is 2. The number of fused-ring (bicyclic) bond motifs is 1. The fourth-order valence-electron chi connectivity index (χ4n) is 3.07. The predicted molar refractivity (Wildman–Crippen MR) is 116 cm³/mol. The van der Waals surface area contributed by atoms with Crippen LogP contribution in [0.1, 0.15) is 35.5 Å². The van der Waals surface area contributed by atoms with Gasteiger partial charge in [0.15, 0.2) is 6.10 Å². The number of pyridine rings is 1. The van der Waals surface area contributed by atoms with Gasteiger partial charge in [-0.15, -0.1) is 0 Å². The molecule has 5 nitrogen and oxygen atoms in total. The molecule has 3 aromatic rings. The normalized spacial score (nSPS) is 11.9. The Kier molecular flexibility index (Phi) is 6.40. The van der Waals surface area contributed by atoms with Crippen molar-refractivity contribution in [2.45, 2.75) is 33.3 Å². The second-order valence-corrected chi connectivity index (χ2v) is 7.35. The minimum atomic E-state index is -1.03. The van der Waals surface area contributed by atoms with Gasteiger partial charge in [0, 0.05) is 11.1 Å². The van der Waals surface area contributed by atoms with Gasteiger partial charge in [-0.25, -0.2) is 4.79 Å². The van der Waals surface area contributed by atoms with Crippen LogP contribution in [-0.2, 0) is 16.0 Å². The Morgan fingerprint density at radius 1 is 1.14 bits per heavy atom. The summed E-state index contributed by atoms with van der Waals surface area (Å²) in [6.07, 6.45) is -0.353. The summed E-state index contributed by atoms with van der Waals surface area (Å²) in [6.45, 7) is 5.32. The molecule has 1 aromatic heterocycles. The van der Waals surface area contributed by atoms with E-state index in [4.69, 9.17) is 27.9 Å². The Labute approximate surface area is 179 Å². The van der Waals surface area contributed by atoms with E-state index in [1.165, 1.54) is 6.92 Å². The Morgan fingerprint density at radius 2 is 1.86 bits per heavy atom. The van der Waals surface area contributed by atoms with E-state index in [-0.39, 0.29) is 5.02 Å². The van der Waals surface area contributed by atoms with Gasteiger partial charge < -0.3 is 10.1 Å². The molecule has 1 unspecified atom stereocenters. The summed E-state index contributed by atoms with van der Waals surface area (Å²) in [5.74, 6) is -1.08. The van der Waals surface area contributed by atoms with Gasteiger partial charge in [0.2, 0.25) is 0 Å². The summed E-state index contributed by atoms with van der Waals surface area (Å²) in [4.78, 5) is 30.1. The maximum Gasteiger partial charge on any atom is 0.339 e. The van der Waals surface area contributed by atoms with Crippen molar-refractivity contribution in [2.24, 2.45) is 0 Å².